The maximum Gasteiger partial charge on any atom is 0.254 e. The average molecular weight is 342 g/mol. The molecule has 0 aliphatic carbocycles. The van der Waals surface area contributed by atoms with Gasteiger partial charge in [0.05, 0.1) is 7.11 Å². The van der Waals surface area contributed by atoms with Crippen molar-refractivity contribution in [1.82, 2.24) is 20.2 Å². The zero-order valence-electron chi connectivity index (χ0n) is 15.0. The second kappa shape index (κ2) is 7.29. The Bertz CT molecular complexity index is 789. The molecule has 0 atom stereocenters. The third-order valence-corrected chi connectivity index (χ3v) is 4.13. The molecule has 0 aliphatic rings. The first-order valence-electron chi connectivity index (χ1n) is 7.79. The number of likely N-dealkylation sites (N-methyl/N-ethyl adjacent to an activating group) is 2. The monoisotopic (exact) mass is 342 g/mol. The highest BCUT2D eigenvalue weighted by Gasteiger charge is 2.35. The van der Waals surface area contributed by atoms with E-state index in [1.807, 2.05) is 6.07 Å². The lowest BCUT2D eigenvalue weighted by Crippen LogP contribution is -2.54. The van der Waals surface area contributed by atoms with Crippen molar-refractivity contribution in [3.8, 4) is 17.3 Å². The van der Waals surface area contributed by atoms with Gasteiger partial charge in [0.25, 0.3) is 5.91 Å². The van der Waals surface area contributed by atoms with Crippen LogP contribution in [0, 0.1) is 0 Å². The van der Waals surface area contributed by atoms with E-state index in [9.17, 15) is 9.59 Å². The summed E-state index contributed by atoms with van der Waals surface area (Å²) in [4.78, 5) is 34.7. The first kappa shape index (κ1) is 18.4. The standard InChI is InChI=1S/C18H22N4O3/c1-18(2,17(24)19-3)22(4)16(23)13-8-6-7-12(11-13)15-20-10-9-14(21-15)25-5/h6-11H,1-5H3,(H,19,24). The van der Waals surface area contributed by atoms with Gasteiger partial charge in [-0.3, -0.25) is 9.59 Å². The third kappa shape index (κ3) is 3.76. The lowest BCUT2D eigenvalue weighted by atomic mass is 10.0. The van der Waals surface area contributed by atoms with Gasteiger partial charge in [0.15, 0.2) is 5.82 Å². The van der Waals surface area contributed by atoms with E-state index >= 15 is 0 Å². The van der Waals surface area contributed by atoms with Crippen molar-refractivity contribution >= 4 is 11.8 Å². The third-order valence-electron chi connectivity index (χ3n) is 4.13. The highest BCUT2D eigenvalue weighted by Crippen LogP contribution is 2.21. The van der Waals surface area contributed by atoms with Crippen LogP contribution in [0.4, 0.5) is 0 Å². The fraction of sp³-hybridized carbons (Fsp3) is 0.333. The van der Waals surface area contributed by atoms with Crippen LogP contribution in [-0.4, -0.2) is 53.4 Å². The Morgan fingerprint density at radius 2 is 1.96 bits per heavy atom. The number of carbonyl (C=O) groups excluding carboxylic acids is 2. The van der Waals surface area contributed by atoms with Crippen LogP contribution in [-0.2, 0) is 4.79 Å². The molecule has 7 heteroatoms. The highest BCUT2D eigenvalue weighted by atomic mass is 16.5. The summed E-state index contributed by atoms with van der Waals surface area (Å²) in [5.41, 5.74) is 0.160. The number of carbonyl (C=O) groups is 2. The topological polar surface area (TPSA) is 84.4 Å². The van der Waals surface area contributed by atoms with Crippen LogP contribution >= 0.6 is 0 Å². The molecule has 0 aliphatic heterocycles. The van der Waals surface area contributed by atoms with E-state index < -0.39 is 5.54 Å². The summed E-state index contributed by atoms with van der Waals surface area (Å²) >= 11 is 0. The molecule has 0 unspecified atom stereocenters. The molecule has 2 rings (SSSR count). The molecule has 1 N–H and O–H groups in total. The van der Waals surface area contributed by atoms with Gasteiger partial charge in [0.2, 0.25) is 11.8 Å². The molecule has 0 spiro atoms. The molecule has 2 amide bonds. The molecule has 2 aromatic rings. The van der Waals surface area contributed by atoms with Crippen molar-refractivity contribution in [1.29, 1.82) is 0 Å². The highest BCUT2D eigenvalue weighted by molar-refractivity contribution is 5.99. The Morgan fingerprint density at radius 3 is 2.60 bits per heavy atom. The predicted molar refractivity (Wildman–Crippen MR) is 94.3 cm³/mol. The van der Waals surface area contributed by atoms with Gasteiger partial charge in [-0.15, -0.1) is 0 Å². The number of benzene rings is 1. The lowest BCUT2D eigenvalue weighted by Gasteiger charge is -2.33. The van der Waals surface area contributed by atoms with Crippen LogP contribution < -0.4 is 10.1 Å². The molecule has 25 heavy (non-hydrogen) atoms. The van der Waals surface area contributed by atoms with E-state index in [4.69, 9.17) is 4.74 Å². The summed E-state index contributed by atoms with van der Waals surface area (Å²) in [5.74, 6) is 0.399. The van der Waals surface area contributed by atoms with Gasteiger partial charge >= 0.3 is 0 Å². The van der Waals surface area contributed by atoms with Gasteiger partial charge in [-0.25, -0.2) is 4.98 Å². The summed E-state index contributed by atoms with van der Waals surface area (Å²) in [6, 6.07) is 8.62. The van der Waals surface area contributed by atoms with Crippen LogP contribution in [0.15, 0.2) is 36.5 Å². The number of ether oxygens (including phenoxy) is 1. The molecular formula is C18H22N4O3. The summed E-state index contributed by atoms with van der Waals surface area (Å²) in [5, 5.41) is 2.58. The molecular weight excluding hydrogens is 320 g/mol. The second-order valence-electron chi connectivity index (χ2n) is 6.01. The number of hydrogen-bond acceptors (Lipinski definition) is 5. The van der Waals surface area contributed by atoms with Crippen molar-refractivity contribution in [2.24, 2.45) is 0 Å². The maximum absolute atomic E-state index is 12.8. The number of methoxy groups -OCH3 is 1. The Morgan fingerprint density at radius 1 is 1.24 bits per heavy atom. The van der Waals surface area contributed by atoms with Crippen molar-refractivity contribution in [3.05, 3.63) is 42.1 Å². The number of amides is 2. The molecule has 7 nitrogen and oxygen atoms in total. The van der Waals surface area contributed by atoms with Crippen LogP contribution in [0.2, 0.25) is 0 Å². The minimum Gasteiger partial charge on any atom is -0.481 e. The second-order valence-corrected chi connectivity index (χ2v) is 6.01. The molecule has 1 aromatic heterocycles. The predicted octanol–water partition coefficient (Wildman–Crippen LogP) is 1.75. The van der Waals surface area contributed by atoms with Crippen molar-refractivity contribution in [2.45, 2.75) is 19.4 Å². The number of hydrogen-bond donors (Lipinski definition) is 1. The minimum absolute atomic E-state index is 0.240. The quantitative estimate of drug-likeness (QED) is 0.895. The number of nitrogens with zero attached hydrogens (tertiary/aromatic N) is 3. The van der Waals surface area contributed by atoms with E-state index in [0.717, 1.165) is 0 Å². The van der Waals surface area contributed by atoms with Crippen LogP contribution in [0.25, 0.3) is 11.4 Å². The maximum atomic E-state index is 12.8. The SMILES string of the molecule is CNC(=O)C(C)(C)N(C)C(=O)c1cccc(-c2nccc(OC)n2)c1. The van der Waals surface area contributed by atoms with E-state index in [1.165, 1.54) is 12.0 Å². The van der Waals surface area contributed by atoms with E-state index in [-0.39, 0.29) is 11.8 Å². The molecule has 0 radical (unpaired) electrons. The van der Waals surface area contributed by atoms with Gasteiger partial charge in [0, 0.05) is 37.5 Å². The van der Waals surface area contributed by atoms with E-state index in [1.54, 1.807) is 58.4 Å². The van der Waals surface area contributed by atoms with Crippen LogP contribution in [0.1, 0.15) is 24.2 Å². The van der Waals surface area contributed by atoms with Crippen molar-refractivity contribution in [3.63, 3.8) is 0 Å². The van der Waals surface area contributed by atoms with E-state index in [0.29, 0.717) is 22.8 Å². The Labute approximate surface area is 147 Å². The van der Waals surface area contributed by atoms with E-state index in [2.05, 4.69) is 15.3 Å². The fourth-order valence-corrected chi connectivity index (χ4v) is 2.29. The molecule has 0 fully saturated rings. The number of rotatable bonds is 5. The van der Waals surface area contributed by atoms with Gasteiger partial charge < -0.3 is 15.0 Å². The fourth-order valence-electron chi connectivity index (χ4n) is 2.29. The Hall–Kier alpha value is -2.96. The Balaban J connectivity index is 2.34. The number of nitrogens with one attached hydrogen (secondary N) is 1. The zero-order valence-corrected chi connectivity index (χ0v) is 15.0. The van der Waals surface area contributed by atoms with Crippen molar-refractivity contribution < 1.29 is 14.3 Å². The van der Waals surface area contributed by atoms with Crippen molar-refractivity contribution in [2.75, 3.05) is 21.2 Å². The molecule has 0 saturated heterocycles. The molecule has 1 aromatic carbocycles. The molecule has 0 bridgehead atoms. The van der Waals surface area contributed by atoms with Gasteiger partial charge in [0.1, 0.15) is 5.54 Å². The molecule has 0 saturated carbocycles. The zero-order chi connectivity index (χ0) is 18.6. The largest absolute Gasteiger partial charge is 0.481 e. The first-order valence-corrected chi connectivity index (χ1v) is 7.79. The summed E-state index contributed by atoms with van der Waals surface area (Å²) in [6.07, 6.45) is 1.59. The van der Waals surface area contributed by atoms with Crippen LogP contribution in [0.5, 0.6) is 5.88 Å². The summed E-state index contributed by atoms with van der Waals surface area (Å²) in [7, 11) is 4.68. The molecule has 1 heterocycles. The minimum atomic E-state index is -0.978. The number of aromatic nitrogens is 2. The van der Waals surface area contributed by atoms with Gasteiger partial charge in [-0.1, -0.05) is 12.1 Å². The summed E-state index contributed by atoms with van der Waals surface area (Å²) < 4.78 is 5.10. The summed E-state index contributed by atoms with van der Waals surface area (Å²) in [6.45, 7) is 3.39. The normalized spacial score (nSPS) is 10.9. The Kier molecular flexibility index (Phi) is 5.36. The smallest absolute Gasteiger partial charge is 0.254 e. The van der Waals surface area contributed by atoms with Gasteiger partial charge in [-0.2, -0.15) is 4.98 Å². The average Bonchev–Trinajstić information content (AvgIpc) is 2.66. The van der Waals surface area contributed by atoms with Crippen LogP contribution in [0.3, 0.4) is 0 Å². The lowest BCUT2D eigenvalue weighted by molar-refractivity contribution is -0.129. The van der Waals surface area contributed by atoms with Gasteiger partial charge in [-0.05, 0) is 26.0 Å². The first-order chi connectivity index (χ1) is 11.8. The molecule has 132 valence electrons.